The van der Waals surface area contributed by atoms with Gasteiger partial charge in [-0.15, -0.1) is 0 Å². The molecular formula is C29H59O5P. The first kappa shape index (κ1) is 34.6. The van der Waals surface area contributed by atoms with Crippen LogP contribution in [0.25, 0.3) is 0 Å². The fourth-order valence-corrected chi connectivity index (χ4v) is 5.47. The smallest absolute Gasteiger partial charge is 0.325 e. The highest BCUT2D eigenvalue weighted by Crippen LogP contribution is 2.35. The quantitative estimate of drug-likeness (QED) is 0.0676. The van der Waals surface area contributed by atoms with Gasteiger partial charge < -0.3 is 14.9 Å². The highest BCUT2D eigenvalue weighted by molar-refractivity contribution is 7.51. The first-order chi connectivity index (χ1) is 16.9. The van der Waals surface area contributed by atoms with Crippen LogP contribution in [-0.2, 0) is 9.36 Å². The van der Waals surface area contributed by atoms with E-state index in [4.69, 9.17) is 14.9 Å². The second-order valence-electron chi connectivity index (χ2n) is 10.7. The molecule has 35 heavy (non-hydrogen) atoms. The van der Waals surface area contributed by atoms with Gasteiger partial charge in [0, 0.05) is 12.6 Å². The van der Waals surface area contributed by atoms with Gasteiger partial charge in [-0.05, 0) is 12.8 Å². The Morgan fingerprint density at radius 2 is 0.600 bits per heavy atom. The van der Waals surface area contributed by atoms with Gasteiger partial charge in [0.05, 0.1) is 0 Å². The summed E-state index contributed by atoms with van der Waals surface area (Å²) in [4.78, 5) is 28.1. The first-order valence-electron chi connectivity index (χ1n) is 15.2. The largest absolute Gasteiger partial charge is 0.481 e. The van der Waals surface area contributed by atoms with Crippen molar-refractivity contribution >= 4 is 13.6 Å². The van der Waals surface area contributed by atoms with E-state index in [2.05, 4.69) is 0 Å². The summed E-state index contributed by atoms with van der Waals surface area (Å²) < 4.78 is 10.8. The molecule has 0 aromatic heterocycles. The zero-order valence-corrected chi connectivity index (χ0v) is 23.8. The Balaban J connectivity index is 3.05. The number of carboxylic acids is 1. The van der Waals surface area contributed by atoms with Crippen LogP contribution in [0, 0.1) is 0 Å². The molecule has 0 fully saturated rings. The van der Waals surface area contributed by atoms with Crippen LogP contribution in [0.4, 0.5) is 0 Å². The van der Waals surface area contributed by atoms with E-state index in [0.717, 1.165) is 25.7 Å². The molecule has 0 saturated carbocycles. The predicted octanol–water partition coefficient (Wildman–Crippen LogP) is 9.78. The lowest BCUT2D eigenvalue weighted by Gasteiger charge is -2.05. The zero-order chi connectivity index (χ0) is 25.9. The minimum atomic E-state index is -3.78. The molecule has 6 heteroatoms. The van der Waals surface area contributed by atoms with Gasteiger partial charge in [-0.3, -0.25) is 9.36 Å². The molecule has 0 aliphatic rings. The normalized spacial score (nSPS) is 11.8. The van der Waals surface area contributed by atoms with E-state index < -0.39 is 13.6 Å². The first-order valence-corrected chi connectivity index (χ1v) is 17.0. The molecule has 0 heterocycles. The van der Waals surface area contributed by atoms with Gasteiger partial charge in [-0.1, -0.05) is 154 Å². The Bertz CT molecular complexity index is 491. The lowest BCUT2D eigenvalue weighted by molar-refractivity contribution is -0.137. The average molecular weight is 519 g/mol. The van der Waals surface area contributed by atoms with E-state index >= 15 is 0 Å². The van der Waals surface area contributed by atoms with Gasteiger partial charge in [-0.2, -0.15) is 0 Å². The molecule has 0 aliphatic carbocycles. The average Bonchev–Trinajstić information content (AvgIpc) is 2.80. The third-order valence-corrected chi connectivity index (χ3v) is 7.99. The number of carbonyl (C=O) groups is 1. The molecule has 0 amide bonds. The van der Waals surface area contributed by atoms with Crippen LogP contribution >= 0.6 is 7.60 Å². The third kappa shape index (κ3) is 33.6. The van der Waals surface area contributed by atoms with Gasteiger partial charge in [0.15, 0.2) is 0 Å². The summed E-state index contributed by atoms with van der Waals surface area (Å²) in [6.07, 6.45) is 33.4. The zero-order valence-electron chi connectivity index (χ0n) is 22.9. The fraction of sp³-hybridized carbons (Fsp3) is 0.966. The number of carboxylic acid groups (broad SMARTS) is 1. The molecule has 0 aromatic rings. The number of aliphatic carboxylic acids is 1. The summed E-state index contributed by atoms with van der Waals surface area (Å²) in [5.74, 6) is -0.662. The maximum absolute atomic E-state index is 10.8. The van der Waals surface area contributed by atoms with E-state index in [0.29, 0.717) is 12.8 Å². The third-order valence-electron chi connectivity index (χ3n) is 7.09. The van der Waals surface area contributed by atoms with Crippen molar-refractivity contribution in [2.75, 3.05) is 6.16 Å². The molecule has 0 rings (SSSR count). The molecule has 0 bridgehead atoms. The van der Waals surface area contributed by atoms with Crippen LogP contribution in [0.3, 0.4) is 0 Å². The summed E-state index contributed by atoms with van der Waals surface area (Å²) in [6.45, 7) is 0. The van der Waals surface area contributed by atoms with Crippen LogP contribution < -0.4 is 0 Å². The lowest BCUT2D eigenvalue weighted by atomic mass is 10.0. The molecule has 0 unspecified atom stereocenters. The van der Waals surface area contributed by atoms with E-state index in [1.807, 2.05) is 0 Å². The minimum absolute atomic E-state index is 0.0512. The maximum Gasteiger partial charge on any atom is 0.325 e. The molecule has 0 radical (unpaired) electrons. The maximum atomic E-state index is 10.8. The van der Waals surface area contributed by atoms with Crippen LogP contribution in [0.15, 0.2) is 0 Å². The molecular weight excluding hydrogens is 459 g/mol. The van der Waals surface area contributed by atoms with Crippen LogP contribution in [0.2, 0.25) is 0 Å². The summed E-state index contributed by atoms with van der Waals surface area (Å²) in [6, 6.07) is 0. The Morgan fingerprint density at radius 1 is 0.400 bits per heavy atom. The standard InChI is InChI=1S/C29H59O5P/c30-29(31)27-25-23-21-19-17-15-13-11-9-7-5-3-1-2-4-6-8-10-12-14-16-18-20-22-24-26-28-35(32,33)34/h1-28H2,(H,30,31)(H2,32,33,34). The predicted molar refractivity (Wildman–Crippen MR) is 149 cm³/mol. The molecule has 0 aliphatic heterocycles. The Labute approximate surface area is 217 Å². The summed E-state index contributed by atoms with van der Waals surface area (Å²) >= 11 is 0. The summed E-state index contributed by atoms with van der Waals surface area (Å²) in [5, 5.41) is 8.61. The van der Waals surface area contributed by atoms with Gasteiger partial charge in [-0.25, -0.2) is 0 Å². The topological polar surface area (TPSA) is 94.8 Å². The Hall–Kier alpha value is -0.380. The summed E-state index contributed by atoms with van der Waals surface area (Å²) in [7, 11) is -3.78. The molecule has 3 N–H and O–H groups in total. The van der Waals surface area contributed by atoms with E-state index in [1.165, 1.54) is 135 Å². The van der Waals surface area contributed by atoms with Crippen LogP contribution in [0.5, 0.6) is 0 Å². The Morgan fingerprint density at radius 3 is 0.800 bits per heavy atom. The van der Waals surface area contributed by atoms with Crippen molar-refractivity contribution in [2.45, 2.75) is 173 Å². The number of rotatable bonds is 29. The fourth-order valence-electron chi connectivity index (χ4n) is 4.84. The Kier molecular flexibility index (Phi) is 26.4. The molecule has 5 nitrogen and oxygen atoms in total. The van der Waals surface area contributed by atoms with Crippen molar-refractivity contribution < 1.29 is 24.3 Å². The van der Waals surface area contributed by atoms with Crippen molar-refractivity contribution in [3.63, 3.8) is 0 Å². The van der Waals surface area contributed by atoms with E-state index in [1.54, 1.807) is 0 Å². The van der Waals surface area contributed by atoms with Crippen molar-refractivity contribution in [2.24, 2.45) is 0 Å². The highest BCUT2D eigenvalue weighted by atomic mass is 31.2. The number of unbranched alkanes of at least 4 members (excludes halogenated alkanes) is 25. The van der Waals surface area contributed by atoms with Gasteiger partial charge in [0.25, 0.3) is 0 Å². The molecule has 210 valence electrons. The molecule has 0 atom stereocenters. The van der Waals surface area contributed by atoms with Gasteiger partial charge in [0.1, 0.15) is 0 Å². The van der Waals surface area contributed by atoms with Crippen molar-refractivity contribution in [3.05, 3.63) is 0 Å². The van der Waals surface area contributed by atoms with E-state index in [9.17, 15) is 9.36 Å². The minimum Gasteiger partial charge on any atom is -0.481 e. The SMILES string of the molecule is O=C(O)CCCCCCCCCCCCCCCCCCCCCCCCCCCCP(=O)(O)O. The number of hydrogen-bond donors (Lipinski definition) is 3. The van der Waals surface area contributed by atoms with Crippen molar-refractivity contribution in [3.8, 4) is 0 Å². The summed E-state index contributed by atoms with van der Waals surface area (Å²) in [5.41, 5.74) is 0. The van der Waals surface area contributed by atoms with E-state index in [-0.39, 0.29) is 6.16 Å². The second-order valence-corrected chi connectivity index (χ2v) is 12.5. The van der Waals surface area contributed by atoms with Crippen LogP contribution in [0.1, 0.15) is 173 Å². The van der Waals surface area contributed by atoms with Crippen LogP contribution in [-0.4, -0.2) is 27.0 Å². The second kappa shape index (κ2) is 26.7. The monoisotopic (exact) mass is 518 g/mol. The lowest BCUT2D eigenvalue weighted by Crippen LogP contribution is -1.93. The van der Waals surface area contributed by atoms with Gasteiger partial charge >= 0.3 is 13.6 Å². The van der Waals surface area contributed by atoms with Crippen molar-refractivity contribution in [1.29, 1.82) is 0 Å². The highest BCUT2D eigenvalue weighted by Gasteiger charge is 2.10. The number of hydrogen-bond acceptors (Lipinski definition) is 2. The molecule has 0 aromatic carbocycles. The van der Waals surface area contributed by atoms with Crippen molar-refractivity contribution in [1.82, 2.24) is 0 Å². The molecule has 0 saturated heterocycles. The molecule has 0 spiro atoms. The van der Waals surface area contributed by atoms with Gasteiger partial charge in [0.2, 0.25) is 0 Å².